The highest BCUT2D eigenvalue weighted by Gasteiger charge is 2.37. The molecule has 0 unspecified atom stereocenters. The van der Waals surface area contributed by atoms with Crippen LogP contribution in [0.4, 0.5) is 17.1 Å². The van der Waals surface area contributed by atoms with Crippen molar-refractivity contribution in [2.75, 3.05) is 4.90 Å². The van der Waals surface area contributed by atoms with E-state index in [1.165, 1.54) is 108 Å². The molecular weight excluding hydrogens is 699 g/mol. The summed E-state index contributed by atoms with van der Waals surface area (Å²) in [5.74, 6) is 0. The highest BCUT2D eigenvalue weighted by molar-refractivity contribution is 6.08. The van der Waals surface area contributed by atoms with E-state index in [9.17, 15) is 0 Å². The molecule has 11 rings (SSSR count). The number of rotatable bonds is 6. The van der Waals surface area contributed by atoms with E-state index in [0.29, 0.717) is 0 Å². The summed E-state index contributed by atoms with van der Waals surface area (Å²) < 4.78 is 0. The van der Waals surface area contributed by atoms with Crippen LogP contribution in [-0.2, 0) is 18.3 Å². The summed E-state index contributed by atoms with van der Waals surface area (Å²) in [4.78, 5) is 2.51. The molecule has 1 heteroatoms. The maximum atomic E-state index is 2.51. The molecule has 0 N–H and O–H groups in total. The van der Waals surface area contributed by atoms with Crippen molar-refractivity contribution in [1.29, 1.82) is 0 Å². The van der Waals surface area contributed by atoms with E-state index >= 15 is 0 Å². The van der Waals surface area contributed by atoms with Crippen LogP contribution in [0.25, 0.3) is 66.1 Å². The SMILES string of the molecule is CC1(C)c2cc(N(c3ccc(-c4cccc5c4CCCC5)cc3)c3ccccc3-c3c(-c4ccccc4)ccc4ccccc34)ccc2-c2ccc3ccccc3c21. The first kappa shape index (κ1) is 34.5. The van der Waals surface area contributed by atoms with Gasteiger partial charge in [0, 0.05) is 22.4 Å². The molecule has 1 nitrogen and oxygen atoms in total. The second-order valence-corrected chi connectivity index (χ2v) is 16.7. The summed E-state index contributed by atoms with van der Waals surface area (Å²) in [5.41, 5.74) is 19.3. The third kappa shape index (κ3) is 5.52. The van der Waals surface area contributed by atoms with E-state index in [-0.39, 0.29) is 5.41 Å². The topological polar surface area (TPSA) is 3.24 Å². The van der Waals surface area contributed by atoms with Gasteiger partial charge in [0.25, 0.3) is 0 Å². The van der Waals surface area contributed by atoms with Gasteiger partial charge in [-0.25, -0.2) is 0 Å². The fourth-order valence-corrected chi connectivity index (χ4v) is 10.3. The lowest BCUT2D eigenvalue weighted by Gasteiger charge is -2.31. The van der Waals surface area contributed by atoms with E-state index in [0.717, 1.165) is 23.5 Å². The van der Waals surface area contributed by atoms with Gasteiger partial charge >= 0.3 is 0 Å². The van der Waals surface area contributed by atoms with Crippen molar-refractivity contribution in [2.24, 2.45) is 0 Å². The average molecular weight is 744 g/mol. The summed E-state index contributed by atoms with van der Waals surface area (Å²) in [6.45, 7) is 4.81. The molecule has 278 valence electrons. The van der Waals surface area contributed by atoms with Crippen LogP contribution in [0, 0.1) is 0 Å². The van der Waals surface area contributed by atoms with Gasteiger partial charge in [0.05, 0.1) is 5.69 Å². The summed E-state index contributed by atoms with van der Waals surface area (Å²) in [7, 11) is 0. The smallest absolute Gasteiger partial charge is 0.0540 e. The molecule has 0 amide bonds. The maximum Gasteiger partial charge on any atom is 0.0540 e. The van der Waals surface area contributed by atoms with Crippen LogP contribution in [0.5, 0.6) is 0 Å². The Kier molecular flexibility index (Phi) is 8.19. The van der Waals surface area contributed by atoms with Gasteiger partial charge in [0.1, 0.15) is 0 Å². The quantitative estimate of drug-likeness (QED) is 0.164. The Morgan fingerprint density at radius 1 is 0.431 bits per heavy atom. The Balaban J connectivity index is 1.13. The molecule has 0 spiro atoms. The van der Waals surface area contributed by atoms with Crippen LogP contribution >= 0.6 is 0 Å². The molecule has 0 saturated heterocycles. The number of aryl methyl sites for hydroxylation is 1. The summed E-state index contributed by atoms with van der Waals surface area (Å²) in [6, 6.07) is 70.3. The zero-order chi connectivity index (χ0) is 38.8. The molecule has 0 atom stereocenters. The predicted molar refractivity (Wildman–Crippen MR) is 247 cm³/mol. The molecule has 9 aromatic carbocycles. The number of hydrogen-bond acceptors (Lipinski definition) is 1. The van der Waals surface area contributed by atoms with Crippen molar-refractivity contribution in [1.82, 2.24) is 0 Å². The van der Waals surface area contributed by atoms with Crippen LogP contribution in [0.1, 0.15) is 48.9 Å². The van der Waals surface area contributed by atoms with Crippen molar-refractivity contribution in [3.8, 4) is 44.5 Å². The molecule has 0 fully saturated rings. The first-order valence-corrected chi connectivity index (χ1v) is 20.9. The third-order valence-electron chi connectivity index (χ3n) is 13.0. The molecule has 0 radical (unpaired) electrons. The van der Waals surface area contributed by atoms with E-state index in [1.54, 1.807) is 0 Å². The second kappa shape index (κ2) is 13.7. The van der Waals surface area contributed by atoms with Crippen molar-refractivity contribution in [3.63, 3.8) is 0 Å². The van der Waals surface area contributed by atoms with E-state index in [2.05, 4.69) is 207 Å². The summed E-state index contributed by atoms with van der Waals surface area (Å²) in [6.07, 6.45) is 4.88. The zero-order valence-corrected chi connectivity index (χ0v) is 33.2. The predicted octanol–water partition coefficient (Wildman–Crippen LogP) is 15.6. The van der Waals surface area contributed by atoms with Crippen molar-refractivity contribution in [3.05, 3.63) is 210 Å². The second-order valence-electron chi connectivity index (χ2n) is 16.7. The van der Waals surface area contributed by atoms with Crippen LogP contribution < -0.4 is 4.90 Å². The Hall–Kier alpha value is -6.70. The number of para-hydroxylation sites is 1. The first-order valence-electron chi connectivity index (χ1n) is 20.9. The number of anilines is 3. The Morgan fingerprint density at radius 2 is 1.05 bits per heavy atom. The van der Waals surface area contributed by atoms with Gasteiger partial charge in [-0.1, -0.05) is 172 Å². The highest BCUT2D eigenvalue weighted by Crippen LogP contribution is 2.54. The number of hydrogen-bond donors (Lipinski definition) is 0. The fraction of sp³-hybridized carbons (Fsp3) is 0.123. The Morgan fingerprint density at radius 3 is 1.88 bits per heavy atom. The summed E-state index contributed by atoms with van der Waals surface area (Å²) >= 11 is 0. The standard InChI is InChI=1S/C57H45N/c1-57(2)53-37-44(33-36-50(53)51-35-30-41-19-8-11-23-49(41)56(51)57)58(43-31-27-42(28-32-43)46-25-14-20-38-17-6-9-21-45(38)46)54-26-13-12-24-52(54)55-47-22-10-7-18-40(47)29-34-48(55)39-15-4-3-5-16-39/h3-5,7-8,10-16,18-20,22-37H,6,9,17,21H2,1-2H3. The van der Waals surface area contributed by atoms with Crippen LogP contribution in [0.2, 0.25) is 0 Å². The third-order valence-corrected chi connectivity index (χ3v) is 13.0. The van der Waals surface area contributed by atoms with Gasteiger partial charge in [-0.05, 0) is 139 Å². The highest BCUT2D eigenvalue weighted by atomic mass is 15.1. The lowest BCUT2D eigenvalue weighted by Crippen LogP contribution is -2.17. The Bertz CT molecular complexity index is 3020. The molecule has 0 heterocycles. The van der Waals surface area contributed by atoms with Gasteiger partial charge in [0.2, 0.25) is 0 Å². The van der Waals surface area contributed by atoms with Crippen LogP contribution in [0.3, 0.4) is 0 Å². The minimum Gasteiger partial charge on any atom is -0.310 e. The Labute approximate surface area is 341 Å². The fourth-order valence-electron chi connectivity index (χ4n) is 10.3. The van der Waals surface area contributed by atoms with Gasteiger partial charge in [-0.3, -0.25) is 0 Å². The molecule has 0 aliphatic heterocycles. The molecule has 58 heavy (non-hydrogen) atoms. The minimum absolute atomic E-state index is 0.181. The molecule has 2 aliphatic rings. The summed E-state index contributed by atoms with van der Waals surface area (Å²) in [5, 5.41) is 5.12. The molecule has 0 saturated carbocycles. The van der Waals surface area contributed by atoms with Crippen molar-refractivity contribution < 1.29 is 0 Å². The minimum atomic E-state index is -0.181. The van der Waals surface area contributed by atoms with Gasteiger partial charge in [-0.2, -0.15) is 0 Å². The number of benzene rings is 9. The van der Waals surface area contributed by atoms with E-state index < -0.39 is 0 Å². The largest absolute Gasteiger partial charge is 0.310 e. The van der Waals surface area contributed by atoms with Crippen LogP contribution in [-0.4, -0.2) is 0 Å². The number of fused-ring (bicyclic) bond motifs is 7. The van der Waals surface area contributed by atoms with Crippen LogP contribution in [0.15, 0.2) is 188 Å². The maximum absolute atomic E-state index is 2.51. The van der Waals surface area contributed by atoms with E-state index in [1.807, 2.05) is 0 Å². The molecule has 2 aliphatic carbocycles. The van der Waals surface area contributed by atoms with Crippen molar-refractivity contribution in [2.45, 2.75) is 44.9 Å². The lowest BCUT2D eigenvalue weighted by molar-refractivity contribution is 0.666. The van der Waals surface area contributed by atoms with Gasteiger partial charge in [-0.15, -0.1) is 0 Å². The lowest BCUT2D eigenvalue weighted by atomic mass is 9.80. The molecule has 0 bridgehead atoms. The molecule has 0 aromatic heterocycles. The monoisotopic (exact) mass is 743 g/mol. The van der Waals surface area contributed by atoms with Gasteiger partial charge in [0.15, 0.2) is 0 Å². The van der Waals surface area contributed by atoms with Gasteiger partial charge < -0.3 is 4.90 Å². The number of nitrogens with zero attached hydrogens (tertiary/aromatic N) is 1. The molecular formula is C57H45N. The normalized spacial score (nSPS) is 13.9. The van der Waals surface area contributed by atoms with E-state index in [4.69, 9.17) is 0 Å². The molecule has 9 aromatic rings. The first-order chi connectivity index (χ1) is 28.5. The average Bonchev–Trinajstić information content (AvgIpc) is 3.52. The zero-order valence-electron chi connectivity index (χ0n) is 33.2. The van der Waals surface area contributed by atoms with Crippen molar-refractivity contribution >= 4 is 38.6 Å².